The monoisotopic (exact) mass is 586 g/mol. The number of esters is 4. The van der Waals surface area contributed by atoms with Gasteiger partial charge in [0, 0.05) is 6.07 Å². The molecule has 0 aliphatic heterocycles. The largest absolute Gasteiger partial charge is 0.488 e. The molecule has 228 valence electrons. The molecule has 12 heteroatoms. The first-order chi connectivity index (χ1) is 20.3. The lowest BCUT2D eigenvalue weighted by Gasteiger charge is -2.31. The predicted octanol–water partition coefficient (Wildman–Crippen LogP) is 2.94. The zero-order valence-electron chi connectivity index (χ0n) is 24.5. The number of hydrogen-bond acceptors (Lipinski definition) is 12. The van der Waals surface area contributed by atoms with E-state index in [1.165, 1.54) is 21.9 Å². The zero-order valence-corrected chi connectivity index (χ0v) is 24.5. The first-order valence-electron chi connectivity index (χ1n) is 13.7. The first kappa shape index (κ1) is 33.6. The fourth-order valence-corrected chi connectivity index (χ4v) is 3.94. The third-order valence-corrected chi connectivity index (χ3v) is 5.65. The average molecular weight is 587 g/mol. The van der Waals surface area contributed by atoms with Crippen molar-refractivity contribution in [3.05, 3.63) is 53.6 Å². The zero-order chi connectivity index (χ0) is 30.9. The molecule has 0 spiro atoms. The van der Waals surface area contributed by atoms with E-state index >= 15 is 0 Å². The Morgan fingerprint density at radius 1 is 0.643 bits per heavy atom. The summed E-state index contributed by atoms with van der Waals surface area (Å²) in [6.07, 6.45) is 0.571. The van der Waals surface area contributed by atoms with Crippen LogP contribution in [-0.4, -0.2) is 82.8 Å². The molecule has 0 N–H and O–H groups in total. The van der Waals surface area contributed by atoms with Crippen LogP contribution < -0.4 is 14.5 Å². The van der Waals surface area contributed by atoms with E-state index in [0.717, 1.165) is 5.56 Å². The summed E-state index contributed by atoms with van der Waals surface area (Å²) in [4.78, 5) is 65.4. The van der Waals surface area contributed by atoms with Crippen LogP contribution in [0.1, 0.15) is 43.6 Å². The Balaban J connectivity index is 2.72. The highest BCUT2D eigenvalue weighted by atomic mass is 16.5. The molecule has 0 heterocycles. The normalized spacial score (nSPS) is 10.3. The molecule has 0 saturated carbocycles. The minimum Gasteiger partial charge on any atom is -0.488 e. The van der Waals surface area contributed by atoms with Crippen LogP contribution in [0.15, 0.2) is 42.5 Å². The predicted molar refractivity (Wildman–Crippen MR) is 154 cm³/mol. The van der Waals surface area contributed by atoms with Crippen LogP contribution in [0.4, 0.5) is 11.4 Å². The second kappa shape index (κ2) is 17.9. The van der Waals surface area contributed by atoms with Gasteiger partial charge in [0.1, 0.15) is 38.5 Å². The fourth-order valence-electron chi connectivity index (χ4n) is 3.94. The van der Waals surface area contributed by atoms with Gasteiger partial charge in [0.15, 0.2) is 6.29 Å². The third-order valence-electron chi connectivity index (χ3n) is 5.65. The molecule has 0 aromatic heterocycles. The number of hydrogen-bond donors (Lipinski definition) is 0. The summed E-state index contributed by atoms with van der Waals surface area (Å²) in [7, 11) is 0. The number of anilines is 2. The Morgan fingerprint density at radius 3 is 1.43 bits per heavy atom. The lowest BCUT2D eigenvalue weighted by molar-refractivity contribution is -0.144. The van der Waals surface area contributed by atoms with E-state index in [2.05, 4.69) is 0 Å². The maximum Gasteiger partial charge on any atom is 0.325 e. The molecule has 0 aliphatic rings. The summed E-state index contributed by atoms with van der Waals surface area (Å²) in [5, 5.41) is 0. The SMILES string of the molecule is CCOC(=O)CN(CC(=O)OCC)c1cc(C=O)c(OCc2ccccc2)cc1N(CC(=O)OCC)CC(=O)OCC. The van der Waals surface area contributed by atoms with E-state index < -0.39 is 37.0 Å². The van der Waals surface area contributed by atoms with Crippen LogP contribution >= 0.6 is 0 Å². The highest BCUT2D eigenvalue weighted by molar-refractivity contribution is 5.93. The number of ether oxygens (including phenoxy) is 5. The van der Waals surface area contributed by atoms with Crippen LogP contribution in [-0.2, 0) is 44.7 Å². The van der Waals surface area contributed by atoms with Gasteiger partial charge in [-0.2, -0.15) is 0 Å². The molecule has 2 rings (SSSR count). The van der Waals surface area contributed by atoms with Crippen molar-refractivity contribution in [2.45, 2.75) is 34.3 Å². The number of nitrogens with zero attached hydrogens (tertiary/aromatic N) is 2. The standard InChI is InChI=1S/C30H38N2O10/c1-5-38-27(34)16-31(17-28(35)39-6-2)24-14-23(20-33)26(42-21-22-12-10-9-11-13-22)15-25(24)32(18-29(36)40-7-3)19-30(37)41-8-4/h9-15,20H,5-8,16-19,21H2,1-4H3. The van der Waals surface area contributed by atoms with Gasteiger partial charge in [-0.3, -0.25) is 24.0 Å². The molecule has 0 amide bonds. The van der Waals surface area contributed by atoms with Crippen molar-refractivity contribution in [2.24, 2.45) is 0 Å². The Kier molecular flexibility index (Phi) is 14.4. The van der Waals surface area contributed by atoms with Crippen LogP contribution in [0.25, 0.3) is 0 Å². The maximum atomic E-state index is 12.6. The van der Waals surface area contributed by atoms with Crippen LogP contribution in [0.3, 0.4) is 0 Å². The van der Waals surface area contributed by atoms with Gasteiger partial charge < -0.3 is 33.5 Å². The van der Waals surface area contributed by atoms with Gasteiger partial charge in [-0.25, -0.2) is 0 Å². The number of carbonyl (C=O) groups is 5. The van der Waals surface area contributed by atoms with E-state index in [-0.39, 0.29) is 68.8 Å². The minimum atomic E-state index is -0.646. The second-order valence-electron chi connectivity index (χ2n) is 8.70. The lowest BCUT2D eigenvalue weighted by Crippen LogP contribution is -2.40. The number of aldehydes is 1. The summed E-state index contributed by atoms with van der Waals surface area (Å²) in [6.45, 7) is 5.54. The topological polar surface area (TPSA) is 138 Å². The second-order valence-corrected chi connectivity index (χ2v) is 8.70. The van der Waals surface area contributed by atoms with Crippen molar-refractivity contribution in [3.63, 3.8) is 0 Å². The highest BCUT2D eigenvalue weighted by Gasteiger charge is 2.27. The van der Waals surface area contributed by atoms with Crippen molar-refractivity contribution in [3.8, 4) is 5.75 Å². The van der Waals surface area contributed by atoms with E-state index in [1.807, 2.05) is 30.3 Å². The molecular weight excluding hydrogens is 548 g/mol. The minimum absolute atomic E-state index is 0.0998. The van der Waals surface area contributed by atoms with Gasteiger partial charge in [-0.05, 0) is 39.3 Å². The summed E-state index contributed by atoms with van der Waals surface area (Å²) in [6, 6.07) is 12.1. The Labute approximate surface area is 245 Å². The molecule has 42 heavy (non-hydrogen) atoms. The van der Waals surface area contributed by atoms with Gasteiger partial charge >= 0.3 is 23.9 Å². The average Bonchev–Trinajstić information content (AvgIpc) is 2.96. The molecule has 0 atom stereocenters. The van der Waals surface area contributed by atoms with Crippen molar-refractivity contribution >= 4 is 41.5 Å². The van der Waals surface area contributed by atoms with Crippen molar-refractivity contribution in [1.29, 1.82) is 0 Å². The van der Waals surface area contributed by atoms with Crippen LogP contribution in [0.5, 0.6) is 5.75 Å². The highest BCUT2D eigenvalue weighted by Crippen LogP contribution is 2.36. The molecule has 12 nitrogen and oxygen atoms in total. The van der Waals surface area contributed by atoms with Crippen LogP contribution in [0.2, 0.25) is 0 Å². The number of carbonyl (C=O) groups excluding carboxylic acids is 5. The summed E-state index contributed by atoms with van der Waals surface area (Å²) in [5.41, 5.74) is 1.33. The van der Waals surface area contributed by atoms with Crippen molar-refractivity contribution in [1.82, 2.24) is 0 Å². The van der Waals surface area contributed by atoms with E-state index in [0.29, 0.717) is 6.29 Å². The quantitative estimate of drug-likeness (QED) is 0.144. The Bertz CT molecular complexity index is 1160. The Morgan fingerprint density at radius 2 is 1.05 bits per heavy atom. The maximum absolute atomic E-state index is 12.6. The van der Waals surface area contributed by atoms with Crippen molar-refractivity contribution < 1.29 is 47.7 Å². The van der Waals surface area contributed by atoms with Gasteiger partial charge in [0.2, 0.25) is 0 Å². The fraction of sp³-hybridized carbons (Fsp3) is 0.433. The number of rotatable bonds is 18. The van der Waals surface area contributed by atoms with Crippen molar-refractivity contribution in [2.75, 3.05) is 62.4 Å². The summed E-state index contributed by atoms with van der Waals surface area (Å²) in [5.74, 6) is -2.42. The molecular formula is C30H38N2O10. The van der Waals surface area contributed by atoms with Gasteiger partial charge in [-0.1, -0.05) is 30.3 Å². The number of benzene rings is 2. The summed E-state index contributed by atoms with van der Waals surface area (Å²) < 4.78 is 26.5. The molecule has 2 aromatic carbocycles. The summed E-state index contributed by atoms with van der Waals surface area (Å²) >= 11 is 0. The van der Waals surface area contributed by atoms with E-state index in [4.69, 9.17) is 23.7 Å². The van der Waals surface area contributed by atoms with Gasteiger partial charge in [-0.15, -0.1) is 0 Å². The molecule has 0 fully saturated rings. The lowest BCUT2D eigenvalue weighted by atomic mass is 10.1. The Hall–Kier alpha value is -4.61. The first-order valence-corrected chi connectivity index (χ1v) is 13.7. The van der Waals surface area contributed by atoms with E-state index in [9.17, 15) is 24.0 Å². The molecule has 0 radical (unpaired) electrons. The molecule has 0 bridgehead atoms. The van der Waals surface area contributed by atoms with Gasteiger partial charge in [0.05, 0.1) is 43.4 Å². The molecule has 2 aromatic rings. The molecule has 0 unspecified atom stereocenters. The third kappa shape index (κ3) is 10.8. The molecule has 0 saturated heterocycles. The molecule has 0 aliphatic carbocycles. The van der Waals surface area contributed by atoms with Gasteiger partial charge in [0.25, 0.3) is 0 Å². The van der Waals surface area contributed by atoms with Crippen LogP contribution in [0, 0.1) is 0 Å². The van der Waals surface area contributed by atoms with E-state index in [1.54, 1.807) is 27.7 Å². The smallest absolute Gasteiger partial charge is 0.325 e.